The van der Waals surface area contributed by atoms with Crippen LogP contribution in [0.25, 0.3) is 32.7 Å². The highest BCUT2D eigenvalue weighted by atomic mass is 127. The van der Waals surface area contributed by atoms with E-state index in [1.807, 2.05) is 30.3 Å². The molecule has 1 aliphatic rings. The topological polar surface area (TPSA) is 242 Å². The molecule has 17 nitrogen and oxygen atoms in total. The van der Waals surface area contributed by atoms with Gasteiger partial charge in [-0.25, -0.2) is 4.79 Å². The first-order valence-electron chi connectivity index (χ1n) is 23.1. The van der Waals surface area contributed by atoms with Crippen molar-refractivity contribution < 1.29 is 38.5 Å². The van der Waals surface area contributed by atoms with Gasteiger partial charge in [-0.1, -0.05) is 47.5 Å². The predicted molar refractivity (Wildman–Crippen MR) is 316 cm³/mol. The molecule has 6 N–H and O–H groups in total. The fourth-order valence-electron chi connectivity index (χ4n) is 7.86. The van der Waals surface area contributed by atoms with E-state index in [2.05, 4.69) is 109 Å². The highest BCUT2D eigenvalue weighted by molar-refractivity contribution is 14.1. The van der Waals surface area contributed by atoms with Crippen molar-refractivity contribution in [1.82, 2.24) is 30.5 Å². The molecule has 8 aromatic rings. The first-order valence-corrected chi connectivity index (χ1v) is 27.1. The maximum Gasteiger partial charge on any atom is 0.343 e. The molecule has 2 amide bonds. The molecular formula is C54H47Cl2I3N6O11. The number of rotatable bonds is 12. The number of hydrogen-bond acceptors (Lipinski definition) is 12. The van der Waals surface area contributed by atoms with Gasteiger partial charge in [-0.3, -0.25) is 33.7 Å². The van der Waals surface area contributed by atoms with Crippen molar-refractivity contribution in [1.29, 1.82) is 0 Å². The van der Waals surface area contributed by atoms with Crippen LogP contribution >= 0.6 is 91.0 Å². The average molecular weight is 1410 g/mol. The number of aromatic amines is 3. The molecular weight excluding hydrogens is 1360 g/mol. The van der Waals surface area contributed by atoms with Gasteiger partial charge in [0.2, 0.25) is 16.3 Å². The third kappa shape index (κ3) is 14.8. The number of aliphatic hydroxyl groups excluding tert-OH is 1. The van der Waals surface area contributed by atoms with Gasteiger partial charge in [0, 0.05) is 95.2 Å². The number of aromatic nitrogens is 3. The average Bonchev–Trinajstić information content (AvgIpc) is 3.42. The molecule has 1 aliphatic heterocycles. The second kappa shape index (κ2) is 27.0. The summed E-state index contributed by atoms with van der Waals surface area (Å²) in [6, 6.07) is 25.1. The Hall–Kier alpha value is -5.74. The summed E-state index contributed by atoms with van der Waals surface area (Å²) in [5.41, 5.74) is 5.20. The van der Waals surface area contributed by atoms with Crippen molar-refractivity contribution >= 4 is 147 Å². The van der Waals surface area contributed by atoms with E-state index in [1.54, 1.807) is 48.5 Å². The highest BCUT2D eigenvalue weighted by Crippen LogP contribution is 2.23. The number of ether oxygens (including phenoxy) is 3. The van der Waals surface area contributed by atoms with Crippen LogP contribution in [-0.4, -0.2) is 82.1 Å². The van der Waals surface area contributed by atoms with E-state index in [0.29, 0.717) is 61.5 Å². The smallest absolute Gasteiger partial charge is 0.343 e. The van der Waals surface area contributed by atoms with E-state index in [0.717, 1.165) is 65.8 Å². The van der Waals surface area contributed by atoms with Gasteiger partial charge in [0.05, 0.1) is 43.5 Å². The van der Waals surface area contributed by atoms with Gasteiger partial charge in [-0.15, -0.1) is 0 Å². The van der Waals surface area contributed by atoms with Crippen LogP contribution in [0.2, 0.25) is 10.0 Å². The van der Waals surface area contributed by atoms with E-state index < -0.39 is 29.2 Å². The number of aliphatic hydroxyl groups is 1. The van der Waals surface area contributed by atoms with Gasteiger partial charge < -0.3 is 44.9 Å². The molecule has 0 radical (unpaired) electrons. The third-order valence-electron chi connectivity index (χ3n) is 11.8. The SMILES string of the molecule is COC(=O)c1c[nH]c2c(I)cc(COC(C)=O)cc2c1=O.O=C(NCc1ccc(Cl)cc1)c1c[nH]c2c(I)cc(CN3CCOCC3)cc2c1=O.O=C(NCc1ccc(Cl)cc1)c1c[nH]c2c(I)cc(CO)cc2c1=O. The summed E-state index contributed by atoms with van der Waals surface area (Å²) in [5, 5.41) is 17.4. The van der Waals surface area contributed by atoms with E-state index in [1.165, 1.54) is 32.6 Å². The van der Waals surface area contributed by atoms with Crippen LogP contribution in [0.15, 0.2) is 118 Å². The zero-order valence-electron chi connectivity index (χ0n) is 40.5. The van der Waals surface area contributed by atoms with Crippen LogP contribution in [-0.2, 0) is 51.9 Å². The van der Waals surface area contributed by atoms with E-state index >= 15 is 0 Å². The molecule has 22 heteroatoms. The quantitative estimate of drug-likeness (QED) is 0.0497. The molecule has 0 unspecified atom stereocenters. The molecule has 394 valence electrons. The number of benzene rings is 5. The Labute approximate surface area is 484 Å². The lowest BCUT2D eigenvalue weighted by atomic mass is 10.1. The number of pyridine rings is 3. The number of nitrogens with one attached hydrogen (secondary N) is 5. The third-order valence-corrected chi connectivity index (χ3v) is 14.8. The minimum Gasteiger partial charge on any atom is -0.465 e. The molecule has 5 aromatic carbocycles. The fraction of sp³-hybridized carbons (Fsp3) is 0.204. The lowest BCUT2D eigenvalue weighted by Crippen LogP contribution is -2.35. The number of hydrogen-bond donors (Lipinski definition) is 6. The van der Waals surface area contributed by atoms with Crippen LogP contribution < -0.4 is 26.9 Å². The molecule has 4 heterocycles. The molecule has 9 rings (SSSR count). The van der Waals surface area contributed by atoms with E-state index in [4.69, 9.17) is 32.7 Å². The molecule has 0 saturated carbocycles. The molecule has 3 aromatic heterocycles. The fourth-order valence-corrected chi connectivity index (χ4v) is 10.6. The van der Waals surface area contributed by atoms with Crippen molar-refractivity contribution in [3.63, 3.8) is 0 Å². The minimum absolute atomic E-state index is 0.0346. The summed E-state index contributed by atoms with van der Waals surface area (Å²) in [6.45, 7) is 5.78. The standard InChI is InChI=1S/C22H21ClIN3O3.C18H14ClIN2O3.C14H12INO5/c23-16-3-1-14(2-4-16)11-26-22(29)18-12-25-20-17(21(18)28)9-15(10-19(20)24)13-27-5-7-30-8-6-27;19-12-3-1-10(2-4-12)7-22-18(25)14-8-21-16-13(17(14)24)5-11(9-23)6-15(16)20;1-7(17)21-6-8-3-9-12(11(15)4-8)16-5-10(13(9)18)14(19)20-2/h1-4,9-10,12H,5-8,11,13H2,(H,25,28)(H,26,29);1-6,8,23H,7,9H2,(H,21,24)(H,22,25);3-5H,6H2,1-2H3,(H,16,18). The number of H-pyrrole nitrogens is 3. The Morgan fingerprint density at radius 2 is 1.03 bits per heavy atom. The van der Waals surface area contributed by atoms with Gasteiger partial charge >= 0.3 is 11.9 Å². The first-order chi connectivity index (χ1) is 36.4. The maximum atomic E-state index is 13.1. The number of halogens is 5. The molecule has 0 bridgehead atoms. The monoisotopic (exact) mass is 1410 g/mol. The largest absolute Gasteiger partial charge is 0.465 e. The van der Waals surface area contributed by atoms with E-state index in [-0.39, 0.29) is 40.8 Å². The zero-order valence-corrected chi connectivity index (χ0v) is 48.5. The van der Waals surface area contributed by atoms with Crippen LogP contribution in [0.1, 0.15) is 65.8 Å². The van der Waals surface area contributed by atoms with Crippen LogP contribution in [0.3, 0.4) is 0 Å². The zero-order chi connectivity index (χ0) is 54.6. The number of morpholine rings is 1. The molecule has 0 aliphatic carbocycles. The predicted octanol–water partition coefficient (Wildman–Crippen LogP) is 8.74. The van der Waals surface area contributed by atoms with Crippen molar-refractivity contribution in [3.8, 4) is 0 Å². The Balaban J connectivity index is 0.000000169. The number of esters is 2. The number of carbonyl (C=O) groups excluding carboxylic acids is 4. The summed E-state index contributed by atoms with van der Waals surface area (Å²) in [7, 11) is 1.22. The normalized spacial score (nSPS) is 12.3. The van der Waals surface area contributed by atoms with Crippen molar-refractivity contribution in [2.75, 3.05) is 33.4 Å². The Kier molecular flexibility index (Phi) is 20.6. The van der Waals surface area contributed by atoms with Gasteiger partial charge in [0.25, 0.3) is 11.8 Å². The second-order valence-corrected chi connectivity index (χ2v) is 21.4. The Bertz CT molecular complexity index is 3660. The van der Waals surface area contributed by atoms with Gasteiger partial charge in [-0.05, 0) is 156 Å². The van der Waals surface area contributed by atoms with Crippen LogP contribution in [0.4, 0.5) is 0 Å². The maximum absolute atomic E-state index is 13.1. The minimum atomic E-state index is -0.696. The van der Waals surface area contributed by atoms with Crippen molar-refractivity contribution in [2.45, 2.75) is 39.8 Å². The van der Waals surface area contributed by atoms with Crippen molar-refractivity contribution in [3.05, 3.63) is 199 Å². The highest BCUT2D eigenvalue weighted by Gasteiger charge is 2.19. The molecule has 1 fully saturated rings. The Morgan fingerprint density at radius 3 is 1.47 bits per heavy atom. The number of methoxy groups -OCH3 is 1. The lowest BCUT2D eigenvalue weighted by molar-refractivity contribution is -0.142. The summed E-state index contributed by atoms with van der Waals surface area (Å²) in [4.78, 5) is 96.9. The molecule has 0 spiro atoms. The number of carbonyl (C=O) groups is 4. The lowest BCUT2D eigenvalue weighted by Gasteiger charge is -2.26. The first kappa shape index (κ1) is 58.0. The molecule has 0 atom stereocenters. The Morgan fingerprint density at radius 1 is 0.618 bits per heavy atom. The summed E-state index contributed by atoms with van der Waals surface area (Å²) < 4.78 is 17.5. The summed E-state index contributed by atoms with van der Waals surface area (Å²) in [5.74, 6) is -1.95. The van der Waals surface area contributed by atoms with Gasteiger partial charge in [-0.2, -0.15) is 0 Å². The van der Waals surface area contributed by atoms with Gasteiger partial charge in [0.1, 0.15) is 23.3 Å². The number of fused-ring (bicyclic) bond motifs is 3. The number of amides is 2. The van der Waals surface area contributed by atoms with Crippen molar-refractivity contribution in [2.24, 2.45) is 0 Å². The summed E-state index contributed by atoms with van der Waals surface area (Å²) >= 11 is 18.1. The van der Waals surface area contributed by atoms with Gasteiger partial charge in [0.15, 0.2) is 0 Å². The molecule has 1 saturated heterocycles. The van der Waals surface area contributed by atoms with E-state index in [9.17, 15) is 38.7 Å². The van der Waals surface area contributed by atoms with Crippen LogP contribution in [0.5, 0.6) is 0 Å². The van der Waals surface area contributed by atoms with Crippen LogP contribution in [0, 0.1) is 10.7 Å². The molecule has 76 heavy (non-hydrogen) atoms. The number of nitrogens with zero attached hydrogens (tertiary/aromatic N) is 1. The summed E-state index contributed by atoms with van der Waals surface area (Å²) in [6.07, 6.45) is 4.25. The second-order valence-electron chi connectivity index (χ2n) is 17.0.